The van der Waals surface area contributed by atoms with E-state index < -0.39 is 0 Å². The highest BCUT2D eigenvalue weighted by molar-refractivity contribution is 5.75. The molecule has 0 bridgehead atoms. The molecule has 6 nitrogen and oxygen atoms in total. The van der Waals surface area contributed by atoms with Gasteiger partial charge in [-0.1, -0.05) is 0 Å². The van der Waals surface area contributed by atoms with E-state index in [0.29, 0.717) is 19.7 Å². The molecule has 2 aliphatic rings. The summed E-state index contributed by atoms with van der Waals surface area (Å²) in [7, 11) is 1.64. The molecular formula is C15H21N3O3. The van der Waals surface area contributed by atoms with Crippen molar-refractivity contribution in [2.45, 2.75) is 6.54 Å². The van der Waals surface area contributed by atoms with Gasteiger partial charge in [0.25, 0.3) is 0 Å². The van der Waals surface area contributed by atoms with Gasteiger partial charge in [-0.3, -0.25) is 0 Å². The molecule has 3 rings (SSSR count). The fraction of sp³-hybridized carbons (Fsp3) is 0.533. The van der Waals surface area contributed by atoms with E-state index >= 15 is 0 Å². The van der Waals surface area contributed by atoms with Crippen molar-refractivity contribution in [2.24, 2.45) is 0 Å². The largest absolute Gasteiger partial charge is 0.497 e. The van der Waals surface area contributed by atoms with Crippen LogP contribution in [0.3, 0.4) is 0 Å². The molecule has 114 valence electrons. The van der Waals surface area contributed by atoms with Crippen LogP contribution in [0.25, 0.3) is 0 Å². The van der Waals surface area contributed by atoms with Crippen molar-refractivity contribution in [3.05, 3.63) is 23.8 Å². The van der Waals surface area contributed by atoms with Gasteiger partial charge in [0.1, 0.15) is 18.1 Å². The van der Waals surface area contributed by atoms with E-state index in [1.807, 2.05) is 28.0 Å². The van der Waals surface area contributed by atoms with Crippen LogP contribution in [-0.2, 0) is 6.54 Å². The Morgan fingerprint density at radius 1 is 1.24 bits per heavy atom. The Kier molecular flexibility index (Phi) is 4.15. The maximum atomic E-state index is 12.6. The van der Waals surface area contributed by atoms with Gasteiger partial charge >= 0.3 is 6.03 Å². The number of rotatable bonds is 1. The van der Waals surface area contributed by atoms with Crippen molar-refractivity contribution in [1.82, 2.24) is 15.1 Å². The van der Waals surface area contributed by atoms with Crippen molar-refractivity contribution in [3.63, 3.8) is 0 Å². The lowest BCUT2D eigenvalue weighted by Gasteiger charge is -2.32. The molecule has 0 atom stereocenters. The predicted molar refractivity (Wildman–Crippen MR) is 78.7 cm³/mol. The topological polar surface area (TPSA) is 54.0 Å². The minimum atomic E-state index is 0.0933. The summed E-state index contributed by atoms with van der Waals surface area (Å²) in [6, 6.07) is 5.83. The summed E-state index contributed by atoms with van der Waals surface area (Å²) in [5.41, 5.74) is 0.996. The Labute approximate surface area is 124 Å². The first-order valence-corrected chi connectivity index (χ1v) is 7.32. The monoisotopic (exact) mass is 291 g/mol. The summed E-state index contributed by atoms with van der Waals surface area (Å²) in [6.07, 6.45) is 0. The van der Waals surface area contributed by atoms with E-state index in [0.717, 1.165) is 43.2 Å². The number of carbonyl (C=O) groups is 1. The molecule has 0 saturated carbocycles. The normalized spacial score (nSPS) is 18.5. The molecule has 1 aromatic rings. The second-order valence-electron chi connectivity index (χ2n) is 5.26. The fourth-order valence-corrected chi connectivity index (χ4v) is 2.72. The quantitative estimate of drug-likeness (QED) is 0.836. The number of fused-ring (bicyclic) bond motifs is 1. The third kappa shape index (κ3) is 3.05. The second kappa shape index (κ2) is 6.22. The lowest BCUT2D eigenvalue weighted by molar-refractivity contribution is 0.140. The van der Waals surface area contributed by atoms with Crippen LogP contribution in [0.4, 0.5) is 4.79 Å². The van der Waals surface area contributed by atoms with Gasteiger partial charge in [-0.05, 0) is 18.2 Å². The van der Waals surface area contributed by atoms with Crippen LogP contribution in [0.1, 0.15) is 5.56 Å². The van der Waals surface area contributed by atoms with Gasteiger partial charge in [0.05, 0.1) is 20.2 Å². The van der Waals surface area contributed by atoms with Gasteiger partial charge in [0, 0.05) is 31.7 Å². The minimum Gasteiger partial charge on any atom is -0.497 e. The molecule has 2 aliphatic heterocycles. The van der Waals surface area contributed by atoms with Gasteiger partial charge in [0.2, 0.25) is 0 Å². The predicted octanol–water partition coefficient (Wildman–Crippen LogP) is 0.915. The molecule has 1 aromatic carbocycles. The van der Waals surface area contributed by atoms with Crippen LogP contribution in [0, 0.1) is 0 Å². The second-order valence-corrected chi connectivity index (χ2v) is 5.26. The van der Waals surface area contributed by atoms with Gasteiger partial charge in [-0.2, -0.15) is 0 Å². The third-order valence-electron chi connectivity index (χ3n) is 3.91. The summed E-state index contributed by atoms with van der Waals surface area (Å²) in [4.78, 5) is 16.4. The number of piperazine rings is 1. The molecular weight excluding hydrogens is 270 g/mol. The van der Waals surface area contributed by atoms with Crippen LogP contribution in [-0.4, -0.2) is 62.3 Å². The van der Waals surface area contributed by atoms with Crippen LogP contribution < -0.4 is 14.8 Å². The highest BCUT2D eigenvalue weighted by atomic mass is 16.5. The average Bonchev–Trinajstić information content (AvgIpc) is 2.76. The number of nitrogens with one attached hydrogen (secondary N) is 1. The molecule has 1 saturated heterocycles. The van der Waals surface area contributed by atoms with Crippen LogP contribution in [0.2, 0.25) is 0 Å². The smallest absolute Gasteiger partial charge is 0.320 e. The van der Waals surface area contributed by atoms with Crippen LogP contribution in [0.5, 0.6) is 11.5 Å². The SMILES string of the molecule is COc1ccc2c(c1)CN(C(=O)N1CCNCC1)CCO2. The number of methoxy groups -OCH3 is 1. The number of benzene rings is 1. The highest BCUT2D eigenvalue weighted by Gasteiger charge is 2.25. The van der Waals surface area contributed by atoms with Crippen LogP contribution in [0.15, 0.2) is 18.2 Å². The lowest BCUT2D eigenvalue weighted by Crippen LogP contribution is -2.51. The zero-order valence-corrected chi connectivity index (χ0v) is 12.3. The Morgan fingerprint density at radius 2 is 2.05 bits per heavy atom. The van der Waals surface area contributed by atoms with E-state index in [2.05, 4.69) is 5.32 Å². The number of urea groups is 1. The number of nitrogens with zero attached hydrogens (tertiary/aromatic N) is 2. The van der Waals surface area contributed by atoms with Crippen molar-refractivity contribution in [3.8, 4) is 11.5 Å². The summed E-state index contributed by atoms with van der Waals surface area (Å²) in [6.45, 7) is 4.95. The first-order chi connectivity index (χ1) is 10.3. The number of ether oxygens (including phenoxy) is 2. The van der Waals surface area contributed by atoms with Gasteiger partial charge in [-0.25, -0.2) is 4.79 Å². The van der Waals surface area contributed by atoms with Crippen molar-refractivity contribution in [1.29, 1.82) is 0 Å². The number of carbonyl (C=O) groups excluding carboxylic acids is 1. The van der Waals surface area contributed by atoms with Gasteiger partial charge < -0.3 is 24.6 Å². The summed E-state index contributed by atoms with van der Waals surface area (Å²) < 4.78 is 11.0. The Bertz CT molecular complexity index is 515. The van der Waals surface area contributed by atoms with E-state index in [-0.39, 0.29) is 6.03 Å². The van der Waals surface area contributed by atoms with E-state index in [4.69, 9.17) is 9.47 Å². The Balaban J connectivity index is 1.76. The van der Waals surface area contributed by atoms with Crippen molar-refractivity contribution < 1.29 is 14.3 Å². The zero-order chi connectivity index (χ0) is 14.7. The highest BCUT2D eigenvalue weighted by Crippen LogP contribution is 2.27. The van der Waals surface area contributed by atoms with Gasteiger partial charge in [-0.15, -0.1) is 0 Å². The summed E-state index contributed by atoms with van der Waals surface area (Å²) in [5, 5.41) is 3.26. The first kappa shape index (κ1) is 14.0. The molecule has 1 N–H and O–H groups in total. The van der Waals surface area contributed by atoms with Crippen molar-refractivity contribution in [2.75, 3.05) is 46.4 Å². The molecule has 0 aromatic heterocycles. The summed E-state index contributed by atoms with van der Waals surface area (Å²) in [5.74, 6) is 1.63. The molecule has 21 heavy (non-hydrogen) atoms. The molecule has 1 fully saturated rings. The lowest BCUT2D eigenvalue weighted by atomic mass is 10.2. The minimum absolute atomic E-state index is 0.0933. The van der Waals surface area contributed by atoms with Crippen LogP contribution >= 0.6 is 0 Å². The molecule has 0 radical (unpaired) electrons. The molecule has 0 aliphatic carbocycles. The van der Waals surface area contributed by atoms with Gasteiger partial charge in [0.15, 0.2) is 0 Å². The summed E-state index contributed by atoms with van der Waals surface area (Å²) >= 11 is 0. The standard InChI is InChI=1S/C15H21N3O3/c1-20-13-2-3-14-12(10-13)11-18(8-9-21-14)15(19)17-6-4-16-5-7-17/h2-3,10,16H,4-9,11H2,1H3. The van der Waals surface area contributed by atoms with E-state index in [9.17, 15) is 4.79 Å². The first-order valence-electron chi connectivity index (χ1n) is 7.32. The van der Waals surface area contributed by atoms with E-state index in [1.165, 1.54) is 0 Å². The third-order valence-corrected chi connectivity index (χ3v) is 3.91. The maximum absolute atomic E-state index is 12.6. The number of hydrogen-bond donors (Lipinski definition) is 1. The fourth-order valence-electron chi connectivity index (χ4n) is 2.72. The zero-order valence-electron chi connectivity index (χ0n) is 12.3. The molecule has 0 unspecified atom stereocenters. The Hall–Kier alpha value is -1.95. The molecule has 2 amide bonds. The van der Waals surface area contributed by atoms with Crippen molar-refractivity contribution >= 4 is 6.03 Å². The number of hydrogen-bond acceptors (Lipinski definition) is 4. The molecule has 2 heterocycles. The average molecular weight is 291 g/mol. The molecule has 0 spiro atoms. The van der Waals surface area contributed by atoms with E-state index in [1.54, 1.807) is 7.11 Å². The number of amides is 2. The Morgan fingerprint density at radius 3 is 2.81 bits per heavy atom. The maximum Gasteiger partial charge on any atom is 0.320 e. The molecule has 6 heteroatoms.